The van der Waals surface area contributed by atoms with Gasteiger partial charge in [-0.15, -0.1) is 5.10 Å². The number of carbonyl (C=O) groups is 1. The van der Waals surface area contributed by atoms with E-state index in [9.17, 15) is 13.6 Å². The van der Waals surface area contributed by atoms with E-state index in [1.165, 1.54) is 0 Å². The molecule has 0 unspecified atom stereocenters. The fourth-order valence-electron chi connectivity index (χ4n) is 4.07. The van der Waals surface area contributed by atoms with Crippen LogP contribution in [0.3, 0.4) is 0 Å². The van der Waals surface area contributed by atoms with E-state index in [1.807, 2.05) is 0 Å². The first kappa shape index (κ1) is 28.8. The van der Waals surface area contributed by atoms with E-state index in [2.05, 4.69) is 40.4 Å². The summed E-state index contributed by atoms with van der Waals surface area (Å²) in [6, 6.07) is 4.96. The quantitative estimate of drug-likeness (QED) is 0.224. The lowest BCUT2D eigenvalue weighted by molar-refractivity contribution is -0.0483. The number of rotatable bonds is 9. The van der Waals surface area contributed by atoms with Gasteiger partial charge in [0.15, 0.2) is 5.82 Å². The Hall–Kier alpha value is -2.73. The number of alkyl halides is 2. The Morgan fingerprint density at radius 3 is 2.62 bits per heavy atom. The summed E-state index contributed by atoms with van der Waals surface area (Å²) in [5.74, 6) is -2.46. The van der Waals surface area contributed by atoms with Crippen molar-refractivity contribution in [1.82, 2.24) is 20.1 Å². The Balaban J connectivity index is 1.65. The van der Waals surface area contributed by atoms with Gasteiger partial charge in [-0.05, 0) is 51.4 Å². The maximum absolute atomic E-state index is 14.5. The molecule has 0 spiro atoms. The fraction of sp³-hybridized carbons (Fsp3) is 0.640. The van der Waals surface area contributed by atoms with Crippen molar-refractivity contribution in [2.75, 3.05) is 17.7 Å². The molecule has 1 heterocycles. The normalized spacial score (nSPS) is 19.9. The molecule has 4 N–H and O–H groups in total. The summed E-state index contributed by atoms with van der Waals surface area (Å²) in [4.78, 5) is 16.5. The number of halogens is 2. The minimum absolute atomic E-state index is 0.306. The van der Waals surface area contributed by atoms with Crippen molar-refractivity contribution in [2.45, 2.75) is 96.1 Å². The zero-order chi connectivity index (χ0) is 27.4. The molecule has 3 rings (SSSR count). The van der Waals surface area contributed by atoms with Crippen molar-refractivity contribution in [2.24, 2.45) is 0 Å². The van der Waals surface area contributed by atoms with E-state index >= 15 is 0 Å². The molecule has 1 amide bonds. The van der Waals surface area contributed by atoms with Crippen molar-refractivity contribution < 1.29 is 23.0 Å². The van der Waals surface area contributed by atoms with Crippen LogP contribution in [0.25, 0.3) is 11.4 Å². The highest BCUT2D eigenvalue weighted by atomic mass is 28.3. The monoisotopic (exact) mass is 538 g/mol. The molecule has 1 aliphatic carbocycles. The third kappa shape index (κ3) is 9.58. The second-order valence-electron chi connectivity index (χ2n) is 11.9. The van der Waals surface area contributed by atoms with Gasteiger partial charge in [0.05, 0.1) is 11.4 Å². The summed E-state index contributed by atoms with van der Waals surface area (Å²) in [5, 5.41) is 10.2. The summed E-state index contributed by atoms with van der Waals surface area (Å²) in [5.41, 5.74) is 7.07. The number of hydrogen-bond donors (Lipinski definition) is 3. The number of nitrogen functional groups attached to an aromatic ring is 1. The molecule has 12 heteroatoms. The van der Waals surface area contributed by atoms with Gasteiger partial charge in [-0.1, -0.05) is 19.6 Å². The Morgan fingerprint density at radius 2 is 1.95 bits per heavy atom. The van der Waals surface area contributed by atoms with Gasteiger partial charge in [-0.3, -0.25) is 0 Å². The Labute approximate surface area is 218 Å². The maximum Gasteiger partial charge on any atom is 0.407 e. The molecule has 2 aromatic rings. The predicted octanol–water partition coefficient (Wildman–Crippen LogP) is 5.33. The van der Waals surface area contributed by atoms with Crippen LogP contribution < -0.4 is 16.4 Å². The predicted molar refractivity (Wildman–Crippen MR) is 143 cm³/mol. The van der Waals surface area contributed by atoms with E-state index in [1.54, 1.807) is 50.0 Å². The van der Waals surface area contributed by atoms with Gasteiger partial charge in [0.25, 0.3) is 5.92 Å². The fourth-order valence-corrected chi connectivity index (χ4v) is 4.83. The average molecular weight is 539 g/mol. The van der Waals surface area contributed by atoms with Crippen LogP contribution in [0.1, 0.15) is 40.0 Å². The summed E-state index contributed by atoms with van der Waals surface area (Å²) in [7, 11) is -1.17. The van der Waals surface area contributed by atoms with Crippen LogP contribution in [0.4, 0.5) is 25.0 Å². The van der Waals surface area contributed by atoms with Crippen molar-refractivity contribution in [3.63, 3.8) is 0 Å². The molecule has 0 saturated heterocycles. The average Bonchev–Trinajstić information content (AvgIpc) is 3.18. The lowest BCUT2D eigenvalue weighted by Gasteiger charge is -2.36. The van der Waals surface area contributed by atoms with Gasteiger partial charge in [0.2, 0.25) is 0 Å². The molecule has 1 fully saturated rings. The third-order valence-corrected chi connectivity index (χ3v) is 7.51. The molecule has 1 aromatic carbocycles. The van der Waals surface area contributed by atoms with E-state index < -0.39 is 44.2 Å². The van der Waals surface area contributed by atoms with Gasteiger partial charge < -0.3 is 25.8 Å². The van der Waals surface area contributed by atoms with Crippen LogP contribution in [0, 0.1) is 0 Å². The molecule has 0 bridgehead atoms. The van der Waals surface area contributed by atoms with Crippen molar-refractivity contribution in [1.29, 1.82) is 0 Å². The topological polar surface area (TPSA) is 116 Å². The minimum Gasteiger partial charge on any atom is -0.444 e. The first-order chi connectivity index (χ1) is 17.1. The zero-order valence-corrected chi connectivity index (χ0v) is 23.6. The number of carbonyl (C=O) groups excluding carboxylic acids is 1. The second-order valence-corrected chi connectivity index (χ2v) is 17.6. The first-order valence-corrected chi connectivity index (χ1v) is 16.3. The molecule has 37 heavy (non-hydrogen) atoms. The highest BCUT2D eigenvalue weighted by Crippen LogP contribution is 2.36. The summed E-state index contributed by atoms with van der Waals surface area (Å²) < 4.78 is 41.7. The highest BCUT2D eigenvalue weighted by molar-refractivity contribution is 6.76. The number of benzene rings is 1. The summed E-state index contributed by atoms with van der Waals surface area (Å²) >= 11 is 0. The summed E-state index contributed by atoms with van der Waals surface area (Å²) in [6.07, 6.45) is 0.385. The molecule has 1 aromatic heterocycles. The molecule has 0 aliphatic heterocycles. The number of nitrogens with zero attached hydrogens (tertiary/aromatic N) is 3. The number of hydrogen-bond acceptors (Lipinski definition) is 7. The molecule has 9 nitrogen and oxygen atoms in total. The number of nitrogens with two attached hydrogens (primary N) is 1. The third-order valence-electron chi connectivity index (χ3n) is 5.81. The van der Waals surface area contributed by atoms with Gasteiger partial charge in [-0.2, -0.15) is 0 Å². The number of anilines is 2. The zero-order valence-electron chi connectivity index (χ0n) is 22.6. The molecular weight excluding hydrogens is 498 g/mol. The lowest BCUT2D eigenvalue weighted by Crippen LogP contribution is -2.49. The van der Waals surface area contributed by atoms with Gasteiger partial charge in [0.1, 0.15) is 18.7 Å². The van der Waals surface area contributed by atoms with Crippen LogP contribution in [0.2, 0.25) is 25.7 Å². The largest absolute Gasteiger partial charge is 0.444 e. The van der Waals surface area contributed by atoms with Crippen LogP contribution in [-0.4, -0.2) is 59.1 Å². The first-order valence-electron chi connectivity index (χ1n) is 12.6. The van der Waals surface area contributed by atoms with Crippen molar-refractivity contribution in [3.8, 4) is 11.4 Å². The lowest BCUT2D eigenvalue weighted by atomic mass is 9.87. The van der Waals surface area contributed by atoms with E-state index in [4.69, 9.17) is 15.2 Å². The molecular formula is C25H40F2N6O3Si. The SMILES string of the molecule is CC(C)(C)OC(=O)N[C@@H]1C[C@H](Nc2cc(-c3ncn(COCC[Si](C)(C)C)n3)ccc2N)CC(F)(F)C1. The Bertz CT molecular complexity index is 1070. The maximum atomic E-state index is 14.5. The number of amides is 1. The van der Waals surface area contributed by atoms with Gasteiger partial charge >= 0.3 is 6.09 Å². The Morgan fingerprint density at radius 1 is 1.24 bits per heavy atom. The van der Waals surface area contributed by atoms with Crippen LogP contribution in [0.5, 0.6) is 0 Å². The van der Waals surface area contributed by atoms with Crippen LogP contribution >= 0.6 is 0 Å². The van der Waals surface area contributed by atoms with E-state index in [0.717, 1.165) is 6.04 Å². The number of ether oxygens (including phenoxy) is 2. The molecule has 1 aliphatic rings. The smallest absolute Gasteiger partial charge is 0.407 e. The van der Waals surface area contributed by atoms with Crippen LogP contribution in [-0.2, 0) is 16.2 Å². The molecule has 206 valence electrons. The van der Waals surface area contributed by atoms with E-state index in [0.29, 0.717) is 42.5 Å². The Kier molecular flexibility index (Phi) is 8.84. The van der Waals surface area contributed by atoms with Gasteiger partial charge in [0, 0.05) is 45.2 Å². The number of nitrogens with one attached hydrogen (secondary N) is 2. The number of aromatic nitrogens is 3. The molecule has 1 saturated carbocycles. The summed E-state index contributed by atoms with van der Waals surface area (Å²) in [6.45, 7) is 13.0. The van der Waals surface area contributed by atoms with Crippen molar-refractivity contribution in [3.05, 3.63) is 24.5 Å². The van der Waals surface area contributed by atoms with Crippen LogP contribution in [0.15, 0.2) is 24.5 Å². The van der Waals surface area contributed by atoms with Gasteiger partial charge in [-0.25, -0.2) is 23.2 Å². The van der Waals surface area contributed by atoms with E-state index in [-0.39, 0.29) is 6.42 Å². The molecule has 0 radical (unpaired) electrons. The minimum atomic E-state index is -2.95. The molecule has 2 atom stereocenters. The standard InChI is InChI=1S/C25H40F2N6O3Si/c1-24(2,3)36-23(34)31-19-12-18(13-25(26,27)14-19)30-21-11-17(7-8-20(21)28)22-29-15-33(32-22)16-35-9-10-37(4,5)6/h7-8,11,15,18-19,30H,9-10,12-14,16,28H2,1-6H3,(H,31,34)/t18-,19+/m0/s1. The number of alkyl carbamates (subject to hydrolysis) is 1. The highest BCUT2D eigenvalue weighted by Gasteiger charge is 2.42. The second kappa shape index (κ2) is 11.3. The van der Waals surface area contributed by atoms with Crippen molar-refractivity contribution >= 4 is 25.5 Å².